The Morgan fingerprint density at radius 2 is 2.27 bits per heavy atom. The van der Waals surface area contributed by atoms with Crippen molar-refractivity contribution in [1.29, 1.82) is 0 Å². The lowest BCUT2D eigenvalue weighted by atomic mass is 10.2. The summed E-state index contributed by atoms with van der Waals surface area (Å²) in [4.78, 5) is 3.87. The molecule has 0 aromatic heterocycles. The lowest BCUT2D eigenvalue weighted by molar-refractivity contribution is 0.713. The highest BCUT2D eigenvalue weighted by Crippen LogP contribution is 2.37. The molecule has 1 aromatic carbocycles. The average Bonchev–Trinajstić information content (AvgIpc) is 2.25. The lowest BCUT2D eigenvalue weighted by Gasteiger charge is -2.34. The summed E-state index contributed by atoms with van der Waals surface area (Å²) in [6, 6.07) is 8.66. The van der Waals surface area contributed by atoms with E-state index in [9.17, 15) is 0 Å². The Kier molecular flexibility index (Phi) is 3.54. The van der Waals surface area contributed by atoms with Gasteiger partial charge in [0.2, 0.25) is 0 Å². The van der Waals surface area contributed by atoms with E-state index < -0.39 is 0 Å². The van der Waals surface area contributed by atoms with Gasteiger partial charge < -0.3 is 10.6 Å². The molecule has 0 saturated heterocycles. The Bertz CT molecular complexity index is 327. The first-order valence-corrected chi connectivity index (χ1v) is 6.40. The van der Waals surface area contributed by atoms with Crippen molar-refractivity contribution in [2.75, 3.05) is 24.5 Å². The summed E-state index contributed by atoms with van der Waals surface area (Å²) < 4.78 is 0. The van der Waals surface area contributed by atoms with Crippen LogP contribution < -0.4 is 10.6 Å². The van der Waals surface area contributed by atoms with E-state index in [-0.39, 0.29) is 0 Å². The molecule has 0 amide bonds. The zero-order chi connectivity index (χ0) is 10.7. The van der Waals surface area contributed by atoms with Gasteiger partial charge in [0.1, 0.15) is 0 Å². The zero-order valence-corrected chi connectivity index (χ0v) is 9.96. The number of rotatable bonds is 3. The van der Waals surface area contributed by atoms with Gasteiger partial charge in [-0.1, -0.05) is 19.1 Å². The largest absolute Gasteiger partial charge is 0.369 e. The van der Waals surface area contributed by atoms with Gasteiger partial charge in [-0.05, 0) is 25.1 Å². The van der Waals surface area contributed by atoms with E-state index in [1.807, 2.05) is 11.8 Å². The van der Waals surface area contributed by atoms with E-state index in [1.165, 1.54) is 10.6 Å². The van der Waals surface area contributed by atoms with Crippen LogP contribution in [-0.2, 0) is 0 Å². The number of hydrogen-bond donors (Lipinski definition) is 1. The summed E-state index contributed by atoms with van der Waals surface area (Å²) in [5, 5.41) is 0.678. The van der Waals surface area contributed by atoms with Crippen molar-refractivity contribution in [3.05, 3.63) is 24.3 Å². The molecule has 1 aliphatic heterocycles. The van der Waals surface area contributed by atoms with Crippen molar-refractivity contribution in [2.45, 2.75) is 23.5 Å². The summed E-state index contributed by atoms with van der Waals surface area (Å²) in [5.74, 6) is 0. The number of hydrogen-bond acceptors (Lipinski definition) is 3. The van der Waals surface area contributed by atoms with E-state index in [0.717, 1.165) is 26.1 Å². The molecule has 0 bridgehead atoms. The SMILES string of the molecule is CC1CN(CCCN)c2ccccc2S1. The van der Waals surface area contributed by atoms with Crippen LogP contribution in [0.25, 0.3) is 0 Å². The van der Waals surface area contributed by atoms with Crippen LogP contribution in [0.1, 0.15) is 13.3 Å². The Labute approximate surface area is 95.8 Å². The molecule has 1 aliphatic rings. The number of nitrogens with two attached hydrogens (primary N) is 1. The Morgan fingerprint density at radius 1 is 1.47 bits per heavy atom. The van der Waals surface area contributed by atoms with Gasteiger partial charge in [0.05, 0.1) is 5.69 Å². The summed E-state index contributed by atoms with van der Waals surface area (Å²) >= 11 is 1.98. The summed E-state index contributed by atoms with van der Waals surface area (Å²) in [6.45, 7) is 5.29. The lowest BCUT2D eigenvalue weighted by Crippen LogP contribution is -2.34. The molecular formula is C12H18N2S. The van der Waals surface area contributed by atoms with Crippen molar-refractivity contribution in [2.24, 2.45) is 5.73 Å². The van der Waals surface area contributed by atoms with Crippen LogP contribution in [0.2, 0.25) is 0 Å². The summed E-state index contributed by atoms with van der Waals surface area (Å²) in [6.07, 6.45) is 1.08. The Hall–Kier alpha value is -0.670. The van der Waals surface area contributed by atoms with Crippen LogP contribution in [0.5, 0.6) is 0 Å². The third-order valence-corrected chi connectivity index (χ3v) is 3.79. The second-order valence-electron chi connectivity index (χ2n) is 3.98. The van der Waals surface area contributed by atoms with Gasteiger partial charge in [-0.2, -0.15) is 0 Å². The van der Waals surface area contributed by atoms with Crippen molar-refractivity contribution in [3.63, 3.8) is 0 Å². The van der Waals surface area contributed by atoms with Gasteiger partial charge in [-0.3, -0.25) is 0 Å². The Balaban J connectivity index is 2.18. The van der Waals surface area contributed by atoms with Crippen molar-refractivity contribution in [3.8, 4) is 0 Å². The minimum absolute atomic E-state index is 0.678. The van der Waals surface area contributed by atoms with Crippen molar-refractivity contribution >= 4 is 17.4 Å². The molecule has 82 valence electrons. The maximum atomic E-state index is 5.57. The molecule has 2 nitrogen and oxygen atoms in total. The van der Waals surface area contributed by atoms with Crippen LogP contribution in [0.3, 0.4) is 0 Å². The maximum Gasteiger partial charge on any atom is 0.0504 e. The second-order valence-corrected chi connectivity index (χ2v) is 5.46. The molecule has 0 spiro atoms. The second kappa shape index (κ2) is 4.90. The molecular weight excluding hydrogens is 204 g/mol. The Morgan fingerprint density at radius 3 is 3.07 bits per heavy atom. The van der Waals surface area contributed by atoms with Gasteiger partial charge in [0.15, 0.2) is 0 Å². The zero-order valence-electron chi connectivity index (χ0n) is 9.15. The maximum absolute atomic E-state index is 5.57. The molecule has 1 atom stereocenters. The molecule has 1 heterocycles. The number of thioether (sulfide) groups is 1. The van der Waals surface area contributed by atoms with Gasteiger partial charge in [0.25, 0.3) is 0 Å². The van der Waals surface area contributed by atoms with E-state index in [2.05, 4.69) is 36.1 Å². The standard InChI is InChI=1S/C12H18N2S/c1-10-9-14(8-4-7-13)11-5-2-3-6-12(11)15-10/h2-3,5-6,10H,4,7-9,13H2,1H3. The quantitative estimate of drug-likeness (QED) is 0.851. The number of para-hydroxylation sites is 1. The van der Waals surface area contributed by atoms with Crippen LogP contribution in [0, 0.1) is 0 Å². The smallest absolute Gasteiger partial charge is 0.0504 e. The average molecular weight is 222 g/mol. The predicted molar refractivity (Wildman–Crippen MR) is 67.6 cm³/mol. The molecule has 1 aromatic rings. The number of benzene rings is 1. The fourth-order valence-corrected chi connectivity index (χ4v) is 3.14. The third kappa shape index (κ3) is 2.47. The fraction of sp³-hybridized carbons (Fsp3) is 0.500. The van der Waals surface area contributed by atoms with Gasteiger partial charge in [-0.15, -0.1) is 11.8 Å². The number of nitrogens with zero attached hydrogens (tertiary/aromatic N) is 1. The molecule has 1 unspecified atom stereocenters. The minimum Gasteiger partial charge on any atom is -0.369 e. The molecule has 0 fully saturated rings. The van der Waals surface area contributed by atoms with Gasteiger partial charge in [-0.25, -0.2) is 0 Å². The van der Waals surface area contributed by atoms with Crippen molar-refractivity contribution in [1.82, 2.24) is 0 Å². The predicted octanol–water partition coefficient (Wildman–Crippen LogP) is 2.34. The minimum atomic E-state index is 0.678. The van der Waals surface area contributed by atoms with E-state index >= 15 is 0 Å². The van der Waals surface area contributed by atoms with Crippen LogP contribution in [-0.4, -0.2) is 24.9 Å². The highest BCUT2D eigenvalue weighted by molar-refractivity contribution is 8.00. The monoisotopic (exact) mass is 222 g/mol. The molecule has 0 radical (unpaired) electrons. The van der Waals surface area contributed by atoms with Crippen LogP contribution in [0.4, 0.5) is 5.69 Å². The normalized spacial score (nSPS) is 20.1. The summed E-state index contributed by atoms with van der Waals surface area (Å²) in [5.41, 5.74) is 6.95. The fourth-order valence-electron chi connectivity index (χ4n) is 1.97. The highest BCUT2D eigenvalue weighted by Gasteiger charge is 2.20. The van der Waals surface area contributed by atoms with Gasteiger partial charge in [0, 0.05) is 23.2 Å². The molecule has 15 heavy (non-hydrogen) atoms. The molecule has 2 N–H and O–H groups in total. The number of fused-ring (bicyclic) bond motifs is 1. The molecule has 0 saturated carbocycles. The van der Waals surface area contributed by atoms with Crippen molar-refractivity contribution < 1.29 is 0 Å². The first-order chi connectivity index (χ1) is 7.31. The van der Waals surface area contributed by atoms with Gasteiger partial charge >= 0.3 is 0 Å². The topological polar surface area (TPSA) is 29.3 Å². The molecule has 3 heteroatoms. The first-order valence-electron chi connectivity index (χ1n) is 5.52. The third-order valence-electron chi connectivity index (χ3n) is 2.64. The molecule has 2 rings (SSSR count). The number of anilines is 1. The van der Waals surface area contributed by atoms with E-state index in [4.69, 9.17) is 5.73 Å². The first kappa shape index (κ1) is 10.8. The van der Waals surface area contributed by atoms with Crippen LogP contribution in [0.15, 0.2) is 29.2 Å². The van der Waals surface area contributed by atoms with E-state index in [0.29, 0.717) is 5.25 Å². The van der Waals surface area contributed by atoms with E-state index in [1.54, 1.807) is 0 Å². The summed E-state index contributed by atoms with van der Waals surface area (Å²) in [7, 11) is 0. The molecule has 0 aliphatic carbocycles. The highest BCUT2D eigenvalue weighted by atomic mass is 32.2. The van der Waals surface area contributed by atoms with Crippen LogP contribution >= 0.6 is 11.8 Å².